The average molecular weight is 251 g/mol. The van der Waals surface area contributed by atoms with Crippen molar-refractivity contribution in [3.63, 3.8) is 0 Å². The smallest absolute Gasteiger partial charge is 0.163 e. The monoisotopic (exact) mass is 251 g/mol. The molecule has 0 bridgehead atoms. The fourth-order valence-corrected chi connectivity index (χ4v) is 2.15. The lowest BCUT2D eigenvalue weighted by molar-refractivity contribution is -0.151. The van der Waals surface area contributed by atoms with Crippen LogP contribution in [0.5, 0.6) is 0 Å². The van der Waals surface area contributed by atoms with Crippen molar-refractivity contribution in [1.29, 1.82) is 0 Å². The summed E-state index contributed by atoms with van der Waals surface area (Å²) in [5, 5.41) is 10.1. The lowest BCUT2D eigenvalue weighted by Crippen LogP contribution is -2.33. The van der Waals surface area contributed by atoms with E-state index in [0.717, 1.165) is 5.56 Å². The highest BCUT2D eigenvalue weighted by Crippen LogP contribution is 2.27. The maximum absolute atomic E-state index is 10.1. The highest BCUT2D eigenvalue weighted by atomic mass is 16.7. The van der Waals surface area contributed by atoms with Gasteiger partial charge in [-0.2, -0.15) is 0 Å². The molecule has 0 amide bonds. The van der Waals surface area contributed by atoms with Crippen molar-refractivity contribution in [3.8, 4) is 0 Å². The summed E-state index contributed by atoms with van der Waals surface area (Å²) in [6.07, 6.45) is -0.439. The number of hydrogen-bond acceptors (Lipinski definition) is 4. The van der Waals surface area contributed by atoms with Crippen LogP contribution in [0.25, 0.3) is 0 Å². The van der Waals surface area contributed by atoms with Crippen LogP contribution in [0.4, 0.5) is 0 Å². The predicted molar refractivity (Wildman–Crippen MR) is 68.9 cm³/mol. The van der Waals surface area contributed by atoms with E-state index in [1.807, 2.05) is 44.2 Å². The number of rotatable bonds is 4. The first-order chi connectivity index (χ1) is 8.48. The van der Waals surface area contributed by atoms with Gasteiger partial charge in [0, 0.05) is 6.04 Å². The second kappa shape index (κ2) is 5.36. The summed E-state index contributed by atoms with van der Waals surface area (Å²) in [6, 6.07) is 9.58. The molecule has 4 nitrogen and oxygen atoms in total. The van der Waals surface area contributed by atoms with E-state index in [0.29, 0.717) is 13.0 Å². The number of nitrogens with two attached hydrogens (primary N) is 1. The average Bonchev–Trinajstić information content (AvgIpc) is 2.71. The van der Waals surface area contributed by atoms with Crippen LogP contribution in [-0.4, -0.2) is 29.7 Å². The molecule has 0 radical (unpaired) electrons. The van der Waals surface area contributed by atoms with Gasteiger partial charge >= 0.3 is 0 Å². The Balaban J connectivity index is 1.90. The Bertz CT molecular complexity index is 380. The molecule has 0 spiro atoms. The summed E-state index contributed by atoms with van der Waals surface area (Å²) < 4.78 is 11.1. The summed E-state index contributed by atoms with van der Waals surface area (Å²) in [5.41, 5.74) is 7.10. The predicted octanol–water partition coefficient (Wildman–Crippen LogP) is 1.59. The third kappa shape index (κ3) is 3.29. The van der Waals surface area contributed by atoms with Gasteiger partial charge in [-0.15, -0.1) is 0 Å². The second-order valence-corrected chi connectivity index (χ2v) is 5.19. The van der Waals surface area contributed by atoms with Crippen LogP contribution in [0, 0.1) is 0 Å². The van der Waals surface area contributed by atoms with Crippen molar-refractivity contribution in [1.82, 2.24) is 0 Å². The van der Waals surface area contributed by atoms with E-state index >= 15 is 0 Å². The Morgan fingerprint density at radius 2 is 2.06 bits per heavy atom. The normalized spacial score (nSPS) is 25.9. The summed E-state index contributed by atoms with van der Waals surface area (Å²) in [6.45, 7) is 4.10. The van der Waals surface area contributed by atoms with E-state index in [2.05, 4.69) is 0 Å². The largest absolute Gasteiger partial charge is 0.390 e. The van der Waals surface area contributed by atoms with Crippen LogP contribution in [-0.2, 0) is 9.47 Å². The number of ether oxygens (including phenoxy) is 2. The van der Waals surface area contributed by atoms with E-state index in [4.69, 9.17) is 15.2 Å². The Labute approximate surface area is 108 Å². The van der Waals surface area contributed by atoms with Crippen LogP contribution >= 0.6 is 0 Å². The topological polar surface area (TPSA) is 64.7 Å². The van der Waals surface area contributed by atoms with Gasteiger partial charge in [-0.05, 0) is 25.8 Å². The maximum Gasteiger partial charge on any atom is 0.163 e. The molecule has 1 saturated heterocycles. The van der Waals surface area contributed by atoms with Gasteiger partial charge in [-0.1, -0.05) is 30.3 Å². The maximum atomic E-state index is 10.1. The van der Waals surface area contributed by atoms with Gasteiger partial charge in [0.2, 0.25) is 0 Å². The molecule has 0 aliphatic carbocycles. The van der Waals surface area contributed by atoms with Gasteiger partial charge in [-0.3, -0.25) is 0 Å². The first-order valence-corrected chi connectivity index (χ1v) is 6.28. The van der Waals surface area contributed by atoms with Gasteiger partial charge in [0.25, 0.3) is 0 Å². The summed E-state index contributed by atoms with van der Waals surface area (Å²) in [7, 11) is 0. The van der Waals surface area contributed by atoms with Crippen LogP contribution in [0.2, 0.25) is 0 Å². The lowest BCUT2D eigenvalue weighted by atomic mass is 9.99. The minimum atomic E-state index is -0.609. The van der Waals surface area contributed by atoms with E-state index in [1.54, 1.807) is 0 Å². The third-order valence-electron chi connectivity index (χ3n) is 3.18. The van der Waals surface area contributed by atoms with Crippen LogP contribution in [0.1, 0.15) is 31.9 Å². The molecule has 18 heavy (non-hydrogen) atoms. The SMILES string of the molecule is CC1(C)OC[C@H]([C@@H](O)C[C@@H](N)c2ccccc2)O1. The van der Waals surface area contributed by atoms with Crippen molar-refractivity contribution < 1.29 is 14.6 Å². The number of aliphatic hydroxyl groups is 1. The molecule has 100 valence electrons. The van der Waals surface area contributed by atoms with E-state index in [1.165, 1.54) is 0 Å². The molecule has 3 atom stereocenters. The standard InChI is InChI=1S/C14H21NO3/c1-14(2)17-9-13(18-14)12(16)8-11(15)10-6-4-3-5-7-10/h3-7,11-13,16H,8-9,15H2,1-2H3/t11-,12+,13-/m1/s1. The first-order valence-electron chi connectivity index (χ1n) is 6.28. The number of benzene rings is 1. The van der Waals surface area contributed by atoms with Crippen LogP contribution in [0.3, 0.4) is 0 Å². The summed E-state index contributed by atoms with van der Waals surface area (Å²) in [5.74, 6) is -0.609. The first kappa shape index (κ1) is 13.5. The zero-order chi connectivity index (χ0) is 13.2. The number of aliphatic hydroxyl groups excluding tert-OH is 1. The molecular weight excluding hydrogens is 230 g/mol. The molecule has 1 aromatic rings. The Hall–Kier alpha value is -0.940. The zero-order valence-corrected chi connectivity index (χ0v) is 10.9. The Morgan fingerprint density at radius 3 is 2.61 bits per heavy atom. The number of hydrogen-bond donors (Lipinski definition) is 2. The highest BCUT2D eigenvalue weighted by molar-refractivity contribution is 5.18. The third-order valence-corrected chi connectivity index (χ3v) is 3.18. The molecule has 0 aromatic heterocycles. The van der Waals surface area contributed by atoms with E-state index in [-0.39, 0.29) is 12.1 Å². The van der Waals surface area contributed by atoms with Gasteiger partial charge < -0.3 is 20.3 Å². The highest BCUT2D eigenvalue weighted by Gasteiger charge is 2.37. The minimum Gasteiger partial charge on any atom is -0.390 e. The van der Waals surface area contributed by atoms with Gasteiger partial charge in [-0.25, -0.2) is 0 Å². The van der Waals surface area contributed by atoms with Gasteiger partial charge in [0.15, 0.2) is 5.79 Å². The van der Waals surface area contributed by atoms with Crippen LogP contribution in [0.15, 0.2) is 30.3 Å². The fraction of sp³-hybridized carbons (Fsp3) is 0.571. The summed E-state index contributed by atoms with van der Waals surface area (Å²) in [4.78, 5) is 0. The van der Waals surface area contributed by atoms with Crippen molar-refractivity contribution in [3.05, 3.63) is 35.9 Å². The lowest BCUT2D eigenvalue weighted by Gasteiger charge is -2.22. The molecule has 1 aliphatic rings. The van der Waals surface area contributed by atoms with Crippen molar-refractivity contribution in [2.45, 2.75) is 44.3 Å². The van der Waals surface area contributed by atoms with E-state index < -0.39 is 11.9 Å². The Kier molecular flexibility index (Phi) is 4.02. The zero-order valence-electron chi connectivity index (χ0n) is 10.9. The van der Waals surface area contributed by atoms with Crippen molar-refractivity contribution in [2.75, 3.05) is 6.61 Å². The molecule has 1 fully saturated rings. The molecular formula is C14H21NO3. The Morgan fingerprint density at radius 1 is 1.39 bits per heavy atom. The quantitative estimate of drug-likeness (QED) is 0.853. The van der Waals surface area contributed by atoms with E-state index in [9.17, 15) is 5.11 Å². The fourth-order valence-electron chi connectivity index (χ4n) is 2.15. The second-order valence-electron chi connectivity index (χ2n) is 5.19. The summed E-state index contributed by atoms with van der Waals surface area (Å²) >= 11 is 0. The molecule has 2 rings (SSSR count). The van der Waals surface area contributed by atoms with Gasteiger partial charge in [0.05, 0.1) is 12.7 Å². The minimum absolute atomic E-state index is 0.187. The molecule has 4 heteroatoms. The van der Waals surface area contributed by atoms with Crippen LogP contribution < -0.4 is 5.73 Å². The van der Waals surface area contributed by atoms with Crippen molar-refractivity contribution in [2.24, 2.45) is 5.73 Å². The van der Waals surface area contributed by atoms with Gasteiger partial charge in [0.1, 0.15) is 6.10 Å². The molecule has 0 saturated carbocycles. The molecule has 3 N–H and O–H groups in total. The molecule has 1 aliphatic heterocycles. The van der Waals surface area contributed by atoms with Crippen molar-refractivity contribution >= 4 is 0 Å². The molecule has 0 unspecified atom stereocenters. The molecule has 1 aromatic carbocycles. The molecule has 1 heterocycles.